The van der Waals surface area contributed by atoms with Gasteiger partial charge in [0.1, 0.15) is 22.7 Å². The fraction of sp³-hybridized carbons (Fsp3) is 0.227. The second-order valence-electron chi connectivity index (χ2n) is 7.28. The molecule has 0 spiro atoms. The number of aromatic amines is 1. The largest absolute Gasteiger partial charge is 0.573 e. The number of ether oxygens (including phenoxy) is 2. The Bertz CT molecular complexity index is 1210. The van der Waals surface area contributed by atoms with Crippen LogP contribution in [0.2, 0.25) is 0 Å². The lowest BCUT2D eigenvalue weighted by Gasteiger charge is -2.39. The number of carbonyl (C=O) groups is 1. The van der Waals surface area contributed by atoms with Crippen molar-refractivity contribution in [1.82, 2.24) is 15.3 Å². The summed E-state index contributed by atoms with van der Waals surface area (Å²) in [7, 11) is 0. The molecule has 1 atom stereocenters. The lowest BCUT2D eigenvalue weighted by Crippen LogP contribution is -2.50. The van der Waals surface area contributed by atoms with Gasteiger partial charge in [-0.05, 0) is 48.4 Å². The van der Waals surface area contributed by atoms with Crippen LogP contribution in [-0.2, 0) is 5.54 Å². The summed E-state index contributed by atoms with van der Waals surface area (Å²) in [5, 5.41) is 2.97. The van der Waals surface area contributed by atoms with E-state index in [0.29, 0.717) is 17.0 Å². The first kappa shape index (κ1) is 21.4. The number of carbonyl (C=O) groups excluding carboxylic acids is 1. The Kier molecular flexibility index (Phi) is 5.37. The number of nitrogens with zero attached hydrogens (tertiary/aromatic N) is 1. The molecule has 1 aliphatic heterocycles. The summed E-state index contributed by atoms with van der Waals surface area (Å²) in [5.74, 6) is -0.376. The number of halogens is 3. The van der Waals surface area contributed by atoms with E-state index >= 15 is 0 Å². The zero-order valence-corrected chi connectivity index (χ0v) is 16.8. The van der Waals surface area contributed by atoms with Crippen molar-refractivity contribution in [3.05, 3.63) is 87.6 Å². The van der Waals surface area contributed by atoms with Crippen LogP contribution in [0.15, 0.2) is 59.7 Å². The second-order valence-corrected chi connectivity index (χ2v) is 7.28. The van der Waals surface area contributed by atoms with Crippen LogP contribution in [0.1, 0.15) is 33.6 Å². The van der Waals surface area contributed by atoms with E-state index in [1.165, 1.54) is 43.5 Å². The van der Waals surface area contributed by atoms with E-state index in [0.717, 1.165) is 0 Å². The molecule has 4 rings (SSSR count). The molecule has 0 radical (unpaired) electrons. The van der Waals surface area contributed by atoms with Gasteiger partial charge in [0, 0.05) is 24.9 Å². The predicted octanol–water partition coefficient (Wildman–Crippen LogP) is 3.43. The van der Waals surface area contributed by atoms with Crippen LogP contribution >= 0.6 is 0 Å². The third-order valence-corrected chi connectivity index (χ3v) is 5.18. The Morgan fingerprint density at radius 1 is 1.25 bits per heavy atom. The molecular formula is C22H18F3N3O4. The second kappa shape index (κ2) is 8.03. The number of hydrogen-bond donors (Lipinski definition) is 2. The third kappa shape index (κ3) is 4.16. The topological polar surface area (TPSA) is 93.3 Å². The third-order valence-electron chi connectivity index (χ3n) is 5.18. The van der Waals surface area contributed by atoms with Crippen molar-refractivity contribution < 1.29 is 27.4 Å². The van der Waals surface area contributed by atoms with Gasteiger partial charge in [0.25, 0.3) is 5.91 Å². The molecule has 7 nitrogen and oxygen atoms in total. The molecule has 10 heteroatoms. The van der Waals surface area contributed by atoms with Gasteiger partial charge in [-0.3, -0.25) is 14.6 Å². The van der Waals surface area contributed by atoms with Crippen molar-refractivity contribution in [2.45, 2.75) is 25.2 Å². The SMILES string of the molecule is Cc1cc(C2(NC(=O)c3ccc(=O)[nH]c3)CCOc3cccnc32)ccc1OC(F)(F)F. The summed E-state index contributed by atoms with van der Waals surface area (Å²) in [6.45, 7) is 1.73. The fourth-order valence-corrected chi connectivity index (χ4v) is 3.71. The van der Waals surface area contributed by atoms with E-state index in [9.17, 15) is 22.8 Å². The molecule has 2 aromatic heterocycles. The van der Waals surface area contributed by atoms with Gasteiger partial charge in [-0.15, -0.1) is 13.2 Å². The Morgan fingerprint density at radius 2 is 2.06 bits per heavy atom. The van der Waals surface area contributed by atoms with E-state index < -0.39 is 17.8 Å². The maximum Gasteiger partial charge on any atom is 0.573 e. The molecule has 32 heavy (non-hydrogen) atoms. The first-order valence-electron chi connectivity index (χ1n) is 9.64. The van der Waals surface area contributed by atoms with Crippen molar-refractivity contribution in [3.8, 4) is 11.5 Å². The molecular weight excluding hydrogens is 427 g/mol. The van der Waals surface area contributed by atoms with Gasteiger partial charge >= 0.3 is 6.36 Å². The number of rotatable bonds is 4. The quantitative estimate of drug-likeness (QED) is 0.642. The number of amides is 1. The van der Waals surface area contributed by atoms with Crippen molar-refractivity contribution in [1.29, 1.82) is 0 Å². The van der Waals surface area contributed by atoms with Gasteiger partial charge in [0.2, 0.25) is 5.56 Å². The molecule has 166 valence electrons. The minimum atomic E-state index is -4.82. The summed E-state index contributed by atoms with van der Waals surface area (Å²) >= 11 is 0. The summed E-state index contributed by atoms with van der Waals surface area (Å²) in [4.78, 5) is 31.3. The number of aromatic nitrogens is 2. The van der Waals surface area contributed by atoms with Crippen LogP contribution in [-0.4, -0.2) is 28.8 Å². The number of fused-ring (bicyclic) bond motifs is 1. The molecule has 3 heterocycles. The number of H-pyrrole nitrogens is 1. The van der Waals surface area contributed by atoms with Crippen LogP contribution in [0.3, 0.4) is 0 Å². The van der Waals surface area contributed by atoms with Gasteiger partial charge in [-0.2, -0.15) is 0 Å². The number of benzene rings is 1. The molecule has 1 amide bonds. The van der Waals surface area contributed by atoms with Gasteiger partial charge < -0.3 is 19.8 Å². The highest BCUT2D eigenvalue weighted by Gasteiger charge is 2.43. The standard InChI is InChI=1S/C22H18F3N3O4/c1-13-11-15(5-6-16(13)32-22(23,24)25)21(8-10-31-17-3-2-9-26-19(17)21)28-20(30)14-4-7-18(29)27-12-14/h2-7,9,11-12H,8,10H2,1H3,(H,27,29)(H,28,30). The number of nitrogens with one attached hydrogen (secondary N) is 2. The Hall–Kier alpha value is -3.82. The Morgan fingerprint density at radius 3 is 2.75 bits per heavy atom. The maximum atomic E-state index is 13.1. The Labute approximate surface area is 180 Å². The first-order chi connectivity index (χ1) is 15.2. The van der Waals surface area contributed by atoms with Crippen molar-refractivity contribution in [2.24, 2.45) is 0 Å². The van der Waals surface area contributed by atoms with Crippen molar-refractivity contribution in [3.63, 3.8) is 0 Å². The Balaban J connectivity index is 1.81. The molecule has 0 fully saturated rings. The van der Waals surface area contributed by atoms with Crippen molar-refractivity contribution in [2.75, 3.05) is 6.61 Å². The predicted molar refractivity (Wildman–Crippen MR) is 108 cm³/mol. The number of alkyl halides is 3. The number of aryl methyl sites for hydroxylation is 1. The fourth-order valence-electron chi connectivity index (χ4n) is 3.71. The van der Waals surface area contributed by atoms with Crippen LogP contribution < -0.4 is 20.3 Å². The van der Waals surface area contributed by atoms with E-state index in [1.54, 1.807) is 18.3 Å². The van der Waals surface area contributed by atoms with Gasteiger partial charge in [-0.1, -0.05) is 6.07 Å². The molecule has 0 aliphatic carbocycles. The van der Waals surface area contributed by atoms with Crippen LogP contribution in [0.5, 0.6) is 11.5 Å². The zero-order valence-electron chi connectivity index (χ0n) is 16.8. The van der Waals surface area contributed by atoms with E-state index in [-0.39, 0.29) is 35.5 Å². The van der Waals surface area contributed by atoms with Gasteiger partial charge in [0.15, 0.2) is 0 Å². The highest BCUT2D eigenvalue weighted by molar-refractivity contribution is 5.94. The van der Waals surface area contributed by atoms with Gasteiger partial charge in [0.05, 0.1) is 12.2 Å². The average Bonchev–Trinajstić information content (AvgIpc) is 2.75. The minimum Gasteiger partial charge on any atom is -0.491 e. The zero-order chi connectivity index (χ0) is 22.9. The molecule has 0 saturated heterocycles. The lowest BCUT2D eigenvalue weighted by atomic mass is 9.80. The highest BCUT2D eigenvalue weighted by Crippen LogP contribution is 2.42. The molecule has 2 N–H and O–H groups in total. The number of pyridine rings is 2. The maximum absolute atomic E-state index is 13.1. The van der Waals surface area contributed by atoms with Gasteiger partial charge in [-0.25, -0.2) is 0 Å². The molecule has 3 aromatic rings. The van der Waals surface area contributed by atoms with Crippen LogP contribution in [0.25, 0.3) is 0 Å². The first-order valence-corrected chi connectivity index (χ1v) is 9.64. The molecule has 0 bridgehead atoms. The van der Waals surface area contributed by atoms with Crippen LogP contribution in [0.4, 0.5) is 13.2 Å². The summed E-state index contributed by atoms with van der Waals surface area (Å²) in [5.41, 5.74) is -0.143. The van der Waals surface area contributed by atoms with E-state index in [4.69, 9.17) is 4.74 Å². The highest BCUT2D eigenvalue weighted by atomic mass is 19.4. The summed E-state index contributed by atoms with van der Waals surface area (Å²) in [6.07, 6.45) is -1.71. The number of hydrogen-bond acceptors (Lipinski definition) is 5. The molecule has 1 unspecified atom stereocenters. The lowest BCUT2D eigenvalue weighted by molar-refractivity contribution is -0.274. The van der Waals surface area contributed by atoms with E-state index in [1.807, 2.05) is 0 Å². The summed E-state index contributed by atoms with van der Waals surface area (Å²) in [6, 6.07) is 10.2. The monoisotopic (exact) mass is 445 g/mol. The van der Waals surface area contributed by atoms with Crippen molar-refractivity contribution >= 4 is 5.91 Å². The molecule has 1 aromatic carbocycles. The normalized spacial score (nSPS) is 17.8. The van der Waals surface area contributed by atoms with E-state index in [2.05, 4.69) is 20.0 Å². The molecule has 1 aliphatic rings. The minimum absolute atomic E-state index is 0.210. The molecule has 0 saturated carbocycles. The smallest absolute Gasteiger partial charge is 0.491 e. The van der Waals surface area contributed by atoms with Crippen LogP contribution in [0, 0.1) is 6.92 Å². The average molecular weight is 445 g/mol. The summed E-state index contributed by atoms with van der Waals surface area (Å²) < 4.78 is 47.9.